The summed E-state index contributed by atoms with van der Waals surface area (Å²) in [4.78, 5) is 6.99. The molecule has 0 aliphatic carbocycles. The zero-order chi connectivity index (χ0) is 31.8. The predicted molar refractivity (Wildman–Crippen MR) is 179 cm³/mol. The van der Waals surface area contributed by atoms with Gasteiger partial charge in [-0.2, -0.15) is 5.26 Å². The average Bonchev–Trinajstić information content (AvgIpc) is 3.52. The number of aromatic nitrogens is 1. The molecule has 13 heteroatoms. The Bertz CT molecular complexity index is 1840. The van der Waals surface area contributed by atoms with Crippen LogP contribution in [0.3, 0.4) is 0 Å². The number of hydrazine groups is 2. The molecule has 9 nitrogen and oxygen atoms in total. The molecule has 3 aliphatic heterocycles. The van der Waals surface area contributed by atoms with Gasteiger partial charge in [-0.1, -0.05) is 46.9 Å². The number of pyridine rings is 1. The predicted octanol–water partition coefficient (Wildman–Crippen LogP) is 7.13. The molecule has 236 valence electrons. The van der Waals surface area contributed by atoms with Gasteiger partial charge in [-0.05, 0) is 60.9 Å². The van der Waals surface area contributed by atoms with E-state index in [4.69, 9.17) is 39.5 Å². The number of fused-ring (bicyclic) bond motifs is 1. The topological polar surface area (TPSA) is 101 Å². The molecular weight excluding hydrogens is 650 g/mol. The van der Waals surface area contributed by atoms with Crippen LogP contribution in [0.1, 0.15) is 30.0 Å². The van der Waals surface area contributed by atoms with Gasteiger partial charge in [0.25, 0.3) is 0 Å². The normalized spacial score (nSPS) is 18.1. The van der Waals surface area contributed by atoms with Crippen LogP contribution in [0.4, 0.5) is 21.5 Å². The van der Waals surface area contributed by atoms with Gasteiger partial charge >= 0.3 is 0 Å². The lowest BCUT2D eigenvalue weighted by Crippen LogP contribution is -2.55. The van der Waals surface area contributed by atoms with E-state index in [1.165, 1.54) is 18.3 Å². The molecule has 1 aromatic heterocycles. The summed E-state index contributed by atoms with van der Waals surface area (Å²) in [6.07, 6.45) is 5.65. The fourth-order valence-electron chi connectivity index (χ4n) is 6.09. The second-order valence-electron chi connectivity index (χ2n) is 11.6. The number of rotatable bonds is 8. The van der Waals surface area contributed by atoms with Gasteiger partial charge in [0.15, 0.2) is 0 Å². The molecule has 2 fully saturated rings. The van der Waals surface area contributed by atoms with Crippen LogP contribution in [0.25, 0.3) is 10.9 Å². The van der Waals surface area contributed by atoms with Crippen molar-refractivity contribution in [1.29, 1.82) is 5.26 Å². The van der Waals surface area contributed by atoms with Gasteiger partial charge in [0.05, 0.1) is 57.8 Å². The molecule has 3 aliphatic rings. The van der Waals surface area contributed by atoms with Crippen LogP contribution in [0.2, 0.25) is 15.1 Å². The smallest absolute Gasteiger partial charge is 0.141 e. The first-order valence-electron chi connectivity index (χ1n) is 15.0. The van der Waals surface area contributed by atoms with Crippen LogP contribution in [0.15, 0.2) is 72.7 Å². The first kappa shape index (κ1) is 30.8. The van der Waals surface area contributed by atoms with Crippen molar-refractivity contribution < 1.29 is 9.13 Å². The molecule has 3 aromatic carbocycles. The molecular formula is C33H30Cl3FN8O. The third-order valence-electron chi connectivity index (χ3n) is 8.70. The minimum absolute atomic E-state index is 0.0356. The summed E-state index contributed by atoms with van der Waals surface area (Å²) in [7, 11) is 0. The van der Waals surface area contributed by atoms with E-state index in [0.717, 1.165) is 50.4 Å². The molecule has 0 saturated carbocycles. The second-order valence-corrected chi connectivity index (χ2v) is 12.8. The zero-order valence-electron chi connectivity index (χ0n) is 24.5. The molecule has 0 bridgehead atoms. The van der Waals surface area contributed by atoms with E-state index in [-0.39, 0.29) is 11.1 Å². The van der Waals surface area contributed by atoms with E-state index < -0.39 is 5.82 Å². The summed E-state index contributed by atoms with van der Waals surface area (Å²) < 4.78 is 19.3. The number of nitrogens with one attached hydrogen (secondary N) is 4. The fourth-order valence-corrected chi connectivity index (χ4v) is 6.67. The number of likely N-dealkylation sites (tertiary alicyclic amines) is 1. The van der Waals surface area contributed by atoms with Crippen molar-refractivity contribution in [3.8, 4) is 6.07 Å². The molecule has 4 N–H and O–H groups in total. The number of nitrogens with zero attached hydrogens (tertiary/aromatic N) is 4. The summed E-state index contributed by atoms with van der Waals surface area (Å²) in [5.41, 5.74) is 11.1. The standard InChI is InChI=1S/C33H30Cl3FN8O/c34-21-3-1-19(2-4-21)32(30-16-45(43-42-30)24-7-9-44(10-8-24)25-17-46-18-25)41-23-11-26-31(40-22-5-6-29(37)27(35)12-22)20(14-38)15-39-33(26)28(36)13-23/h1-6,11-13,15-16,24-25,32,41-43H,7-10,17-18H2,(H,39,40)/t32-/m0/s1. The van der Waals surface area contributed by atoms with E-state index in [1.807, 2.05) is 36.4 Å². The van der Waals surface area contributed by atoms with Gasteiger partial charge in [-0.25, -0.2) is 4.39 Å². The Morgan fingerprint density at radius 1 is 0.978 bits per heavy atom. The van der Waals surface area contributed by atoms with Crippen LogP contribution in [-0.4, -0.2) is 53.3 Å². The highest BCUT2D eigenvalue weighted by Gasteiger charge is 2.33. The van der Waals surface area contributed by atoms with Crippen molar-refractivity contribution in [1.82, 2.24) is 25.9 Å². The summed E-state index contributed by atoms with van der Waals surface area (Å²) >= 11 is 19.1. The van der Waals surface area contributed by atoms with Gasteiger partial charge in [-0.15, -0.1) is 5.53 Å². The summed E-state index contributed by atoms with van der Waals surface area (Å²) in [5.74, 6) is -0.535. The Kier molecular flexibility index (Phi) is 8.79. The van der Waals surface area contributed by atoms with E-state index in [1.54, 1.807) is 6.07 Å². The van der Waals surface area contributed by atoms with Gasteiger partial charge in [-0.3, -0.25) is 14.9 Å². The Morgan fingerprint density at radius 2 is 1.74 bits per heavy atom. The van der Waals surface area contributed by atoms with Crippen LogP contribution in [0, 0.1) is 17.1 Å². The van der Waals surface area contributed by atoms with E-state index in [9.17, 15) is 9.65 Å². The maximum atomic E-state index is 13.9. The first-order valence-corrected chi connectivity index (χ1v) is 16.1. The Morgan fingerprint density at radius 3 is 2.43 bits per heavy atom. The lowest BCUT2D eigenvalue weighted by Gasteiger charge is -2.42. The highest BCUT2D eigenvalue weighted by molar-refractivity contribution is 6.36. The van der Waals surface area contributed by atoms with E-state index in [0.29, 0.717) is 55.7 Å². The Hall–Kier alpha value is -3.82. The van der Waals surface area contributed by atoms with E-state index in [2.05, 4.69) is 48.8 Å². The van der Waals surface area contributed by atoms with Crippen molar-refractivity contribution in [2.75, 3.05) is 36.9 Å². The van der Waals surface area contributed by atoms with Gasteiger partial charge in [0.2, 0.25) is 0 Å². The monoisotopic (exact) mass is 678 g/mol. The lowest BCUT2D eigenvalue weighted by molar-refractivity contribution is -0.0760. The number of hydrogen-bond acceptors (Lipinski definition) is 9. The molecule has 7 rings (SSSR count). The number of ether oxygens (including phenoxy) is 1. The Balaban J connectivity index is 1.20. The largest absolute Gasteiger partial charge is 0.378 e. The summed E-state index contributed by atoms with van der Waals surface area (Å²) in [6.45, 7) is 3.73. The fraction of sp³-hybridized carbons (Fsp3) is 0.273. The molecule has 4 heterocycles. The van der Waals surface area contributed by atoms with Crippen LogP contribution in [-0.2, 0) is 4.74 Å². The minimum atomic E-state index is -0.535. The Labute approximate surface area is 280 Å². The molecule has 2 saturated heterocycles. The molecule has 0 amide bonds. The van der Waals surface area contributed by atoms with Crippen molar-refractivity contribution in [2.24, 2.45) is 0 Å². The number of benzene rings is 3. The highest BCUT2D eigenvalue weighted by atomic mass is 35.5. The first-order chi connectivity index (χ1) is 22.4. The van der Waals surface area contributed by atoms with Crippen LogP contribution >= 0.6 is 34.8 Å². The van der Waals surface area contributed by atoms with Crippen molar-refractivity contribution in [3.63, 3.8) is 0 Å². The van der Waals surface area contributed by atoms with Crippen LogP contribution < -0.4 is 21.6 Å². The van der Waals surface area contributed by atoms with E-state index >= 15 is 0 Å². The number of halogens is 4. The number of anilines is 3. The van der Waals surface area contributed by atoms with Crippen molar-refractivity contribution in [3.05, 3.63) is 105 Å². The highest BCUT2D eigenvalue weighted by Crippen LogP contribution is 2.38. The molecule has 46 heavy (non-hydrogen) atoms. The van der Waals surface area contributed by atoms with Crippen molar-refractivity contribution >= 4 is 62.8 Å². The van der Waals surface area contributed by atoms with Crippen molar-refractivity contribution in [2.45, 2.75) is 31.0 Å². The lowest BCUT2D eigenvalue weighted by atomic mass is 10.0. The van der Waals surface area contributed by atoms with Gasteiger partial charge < -0.3 is 20.8 Å². The number of piperidine rings is 1. The minimum Gasteiger partial charge on any atom is -0.378 e. The zero-order valence-corrected chi connectivity index (χ0v) is 26.8. The quantitative estimate of drug-likeness (QED) is 0.155. The SMILES string of the molecule is N#Cc1cnc2c(Cl)cc(N[C@H](C3=CN(C4CCN(C5COC5)CC4)NN3)c3ccc(Cl)cc3)cc2c1Nc1ccc(F)c(Cl)c1. The molecule has 4 aromatic rings. The molecule has 1 atom stereocenters. The van der Waals surface area contributed by atoms with Crippen LogP contribution in [0.5, 0.6) is 0 Å². The number of hydrogen-bond donors (Lipinski definition) is 4. The molecule has 0 spiro atoms. The third-order valence-corrected chi connectivity index (χ3v) is 9.53. The van der Waals surface area contributed by atoms with Gasteiger partial charge in [0, 0.05) is 53.3 Å². The summed E-state index contributed by atoms with van der Waals surface area (Å²) in [6, 6.07) is 18.4. The second kappa shape index (κ2) is 13.1. The maximum absolute atomic E-state index is 13.9. The third kappa shape index (κ3) is 6.27. The maximum Gasteiger partial charge on any atom is 0.141 e. The average molecular weight is 680 g/mol. The number of nitriles is 1. The summed E-state index contributed by atoms with van der Waals surface area (Å²) in [5, 5.41) is 20.6. The molecule has 0 radical (unpaired) electrons. The molecule has 0 unspecified atom stereocenters. The van der Waals surface area contributed by atoms with Gasteiger partial charge in [0.1, 0.15) is 11.9 Å².